The van der Waals surface area contributed by atoms with Crippen molar-refractivity contribution in [3.05, 3.63) is 59.2 Å². The molecule has 1 unspecified atom stereocenters. The van der Waals surface area contributed by atoms with Gasteiger partial charge in [0.05, 0.1) is 20.8 Å². The number of amidine groups is 1. The molecule has 0 saturated heterocycles. The van der Waals surface area contributed by atoms with Gasteiger partial charge >= 0.3 is 0 Å². The molecule has 1 aliphatic rings. The van der Waals surface area contributed by atoms with Gasteiger partial charge in [0.1, 0.15) is 11.6 Å². The summed E-state index contributed by atoms with van der Waals surface area (Å²) in [4.78, 5) is 12.1. The maximum Gasteiger partial charge on any atom is 0.243 e. The first-order valence-corrected chi connectivity index (χ1v) is 9.31. The van der Waals surface area contributed by atoms with E-state index in [0.29, 0.717) is 30.2 Å². The van der Waals surface area contributed by atoms with Crippen molar-refractivity contribution in [1.29, 1.82) is 5.41 Å². The normalized spacial score (nSPS) is 14.9. The van der Waals surface area contributed by atoms with Gasteiger partial charge in [-0.3, -0.25) is 10.2 Å². The highest BCUT2D eigenvalue weighted by Crippen LogP contribution is 2.36. The third-order valence-corrected chi connectivity index (χ3v) is 4.83. The summed E-state index contributed by atoms with van der Waals surface area (Å²) in [5.41, 5.74) is 8.13. The monoisotopic (exact) mass is 395 g/mol. The molecule has 1 atom stereocenters. The highest BCUT2D eigenvalue weighted by molar-refractivity contribution is 5.95. The van der Waals surface area contributed by atoms with Crippen LogP contribution in [0.15, 0.2) is 42.5 Å². The van der Waals surface area contributed by atoms with Crippen LogP contribution in [0.4, 0.5) is 0 Å². The van der Waals surface area contributed by atoms with E-state index in [1.807, 2.05) is 24.3 Å². The molecule has 0 saturated carbocycles. The van der Waals surface area contributed by atoms with Crippen LogP contribution in [0.25, 0.3) is 6.08 Å². The second-order valence-corrected chi connectivity index (χ2v) is 6.70. The summed E-state index contributed by atoms with van der Waals surface area (Å²) in [7, 11) is 3.15. The number of hydrogen-bond donors (Lipinski definition) is 3. The van der Waals surface area contributed by atoms with Gasteiger partial charge in [-0.05, 0) is 48.4 Å². The molecule has 7 nitrogen and oxygen atoms in total. The fourth-order valence-electron chi connectivity index (χ4n) is 3.24. The molecule has 2 aromatic carbocycles. The first kappa shape index (κ1) is 20.3. The lowest BCUT2D eigenvalue weighted by Gasteiger charge is -2.10. The fraction of sp³-hybridized carbons (Fsp3) is 0.273. The van der Waals surface area contributed by atoms with Crippen LogP contribution < -0.4 is 25.3 Å². The minimum atomic E-state index is -0.170. The van der Waals surface area contributed by atoms with E-state index in [1.165, 1.54) is 6.08 Å². The summed E-state index contributed by atoms with van der Waals surface area (Å²) in [6.07, 6.45) is 3.96. The van der Waals surface area contributed by atoms with Crippen molar-refractivity contribution in [2.45, 2.75) is 12.3 Å². The van der Waals surface area contributed by atoms with Crippen molar-refractivity contribution in [1.82, 2.24) is 5.32 Å². The van der Waals surface area contributed by atoms with E-state index in [0.717, 1.165) is 23.3 Å². The highest BCUT2D eigenvalue weighted by Gasteiger charge is 2.24. The summed E-state index contributed by atoms with van der Waals surface area (Å²) < 4.78 is 16.2. The molecular weight excluding hydrogens is 370 g/mol. The highest BCUT2D eigenvalue weighted by atomic mass is 16.5. The van der Waals surface area contributed by atoms with E-state index < -0.39 is 0 Å². The zero-order valence-corrected chi connectivity index (χ0v) is 16.5. The molecular formula is C22H25N3O4. The van der Waals surface area contributed by atoms with Crippen LogP contribution in [0.5, 0.6) is 17.2 Å². The van der Waals surface area contributed by atoms with E-state index in [-0.39, 0.29) is 17.7 Å². The molecule has 0 radical (unpaired) electrons. The molecule has 3 rings (SSSR count). The molecule has 29 heavy (non-hydrogen) atoms. The molecule has 2 aromatic rings. The Labute approximate surface area is 170 Å². The standard InChI is InChI=1S/C22H25N3O4/c1-27-19-6-3-14(11-20(19)28-2)4-8-21(26)25-10-9-16-13-29-18-7-5-15(22(23)24)12-17(16)18/h3-8,11-12,16H,9-10,13H2,1-2H3,(H3,23,24)(H,25,26)/b8-4+. The minimum Gasteiger partial charge on any atom is -0.493 e. The van der Waals surface area contributed by atoms with E-state index in [1.54, 1.807) is 32.4 Å². The topological polar surface area (TPSA) is 107 Å². The summed E-state index contributed by atoms with van der Waals surface area (Å²) in [6, 6.07) is 11.0. The number of hydrogen-bond acceptors (Lipinski definition) is 5. The van der Waals surface area contributed by atoms with Crippen molar-refractivity contribution >= 4 is 17.8 Å². The zero-order chi connectivity index (χ0) is 20.8. The number of methoxy groups -OCH3 is 2. The van der Waals surface area contributed by atoms with Crippen molar-refractivity contribution in [2.24, 2.45) is 5.73 Å². The van der Waals surface area contributed by atoms with Gasteiger partial charge < -0.3 is 25.3 Å². The second kappa shape index (κ2) is 9.14. The number of nitrogens with one attached hydrogen (secondary N) is 2. The molecule has 152 valence electrons. The fourth-order valence-corrected chi connectivity index (χ4v) is 3.24. The molecule has 7 heteroatoms. The Morgan fingerprint density at radius 1 is 1.24 bits per heavy atom. The number of ether oxygens (including phenoxy) is 3. The second-order valence-electron chi connectivity index (χ2n) is 6.70. The molecule has 1 amide bonds. The van der Waals surface area contributed by atoms with Gasteiger partial charge in [0.15, 0.2) is 11.5 Å². The van der Waals surface area contributed by atoms with Gasteiger partial charge in [-0.2, -0.15) is 0 Å². The van der Waals surface area contributed by atoms with Gasteiger partial charge in [0.2, 0.25) is 5.91 Å². The van der Waals surface area contributed by atoms with Gasteiger partial charge in [0, 0.05) is 29.7 Å². The number of nitrogens with two attached hydrogens (primary N) is 1. The van der Waals surface area contributed by atoms with E-state index in [9.17, 15) is 4.79 Å². The predicted octanol–water partition coefficient (Wildman–Crippen LogP) is 2.68. The molecule has 4 N–H and O–H groups in total. The third kappa shape index (κ3) is 4.87. The van der Waals surface area contributed by atoms with Crippen LogP contribution in [0, 0.1) is 5.41 Å². The molecule has 0 bridgehead atoms. The molecule has 1 aliphatic heterocycles. The van der Waals surface area contributed by atoms with Gasteiger partial charge in [-0.1, -0.05) is 6.07 Å². The third-order valence-electron chi connectivity index (χ3n) is 4.83. The van der Waals surface area contributed by atoms with Crippen LogP contribution in [0.2, 0.25) is 0 Å². The SMILES string of the molecule is COc1ccc(/C=C/C(=O)NCCC2COc3ccc(C(=N)N)cc32)cc1OC. The lowest BCUT2D eigenvalue weighted by molar-refractivity contribution is -0.116. The van der Waals surface area contributed by atoms with E-state index >= 15 is 0 Å². The van der Waals surface area contributed by atoms with Crippen molar-refractivity contribution in [2.75, 3.05) is 27.4 Å². The molecule has 0 fully saturated rings. The van der Waals surface area contributed by atoms with E-state index in [2.05, 4.69) is 5.32 Å². The summed E-state index contributed by atoms with van der Waals surface area (Å²) in [5, 5.41) is 10.5. The average Bonchev–Trinajstić information content (AvgIpc) is 3.14. The van der Waals surface area contributed by atoms with E-state index in [4.69, 9.17) is 25.4 Å². The Morgan fingerprint density at radius 3 is 2.76 bits per heavy atom. The number of nitrogen functional groups attached to an aromatic ring is 1. The lowest BCUT2D eigenvalue weighted by Crippen LogP contribution is -2.24. The van der Waals surface area contributed by atoms with Gasteiger partial charge in [0.25, 0.3) is 0 Å². The number of carbonyl (C=O) groups excluding carboxylic acids is 1. The Kier molecular flexibility index (Phi) is 6.39. The number of benzene rings is 2. The zero-order valence-electron chi connectivity index (χ0n) is 16.5. The summed E-state index contributed by atoms with van der Waals surface area (Å²) >= 11 is 0. The molecule has 0 aliphatic carbocycles. The van der Waals surface area contributed by atoms with Crippen LogP contribution in [0.3, 0.4) is 0 Å². The molecule has 0 spiro atoms. The average molecular weight is 395 g/mol. The Morgan fingerprint density at radius 2 is 2.03 bits per heavy atom. The Bertz CT molecular complexity index is 940. The molecule has 1 heterocycles. The first-order valence-electron chi connectivity index (χ1n) is 9.31. The minimum absolute atomic E-state index is 0.0343. The number of carbonyl (C=O) groups is 1. The lowest BCUT2D eigenvalue weighted by atomic mass is 9.96. The molecule has 0 aromatic heterocycles. The number of fused-ring (bicyclic) bond motifs is 1. The summed E-state index contributed by atoms with van der Waals surface area (Å²) in [6.45, 7) is 1.08. The van der Waals surface area contributed by atoms with Crippen molar-refractivity contribution in [3.63, 3.8) is 0 Å². The van der Waals surface area contributed by atoms with Crippen molar-refractivity contribution < 1.29 is 19.0 Å². The smallest absolute Gasteiger partial charge is 0.243 e. The Balaban J connectivity index is 1.53. The predicted molar refractivity (Wildman–Crippen MR) is 112 cm³/mol. The van der Waals surface area contributed by atoms with Crippen LogP contribution in [0.1, 0.15) is 29.0 Å². The van der Waals surface area contributed by atoms with Gasteiger partial charge in [-0.15, -0.1) is 0 Å². The number of amides is 1. The van der Waals surface area contributed by atoms with Crippen LogP contribution >= 0.6 is 0 Å². The van der Waals surface area contributed by atoms with Gasteiger partial charge in [-0.25, -0.2) is 0 Å². The summed E-state index contributed by atoms with van der Waals surface area (Å²) in [5.74, 6) is 2.10. The Hall–Kier alpha value is -3.48. The quantitative estimate of drug-likeness (QED) is 0.362. The maximum absolute atomic E-state index is 12.1. The number of rotatable bonds is 8. The van der Waals surface area contributed by atoms with Crippen LogP contribution in [-0.2, 0) is 4.79 Å². The largest absolute Gasteiger partial charge is 0.493 e. The van der Waals surface area contributed by atoms with Crippen molar-refractivity contribution in [3.8, 4) is 17.2 Å². The maximum atomic E-state index is 12.1. The van der Waals surface area contributed by atoms with Crippen LogP contribution in [-0.4, -0.2) is 39.1 Å². The first-order chi connectivity index (χ1) is 14.0.